The highest BCUT2D eigenvalue weighted by atomic mass is 16.5. The molecule has 23 heavy (non-hydrogen) atoms. The van der Waals surface area contributed by atoms with E-state index in [9.17, 15) is 9.90 Å². The largest absolute Gasteiger partial charge is 0.484 e. The van der Waals surface area contributed by atoms with E-state index in [-0.39, 0.29) is 18.6 Å². The lowest BCUT2D eigenvalue weighted by Gasteiger charge is -2.28. The van der Waals surface area contributed by atoms with Crippen molar-refractivity contribution in [2.45, 2.75) is 37.3 Å². The summed E-state index contributed by atoms with van der Waals surface area (Å²) in [6.45, 7) is 0.762. The van der Waals surface area contributed by atoms with Crippen LogP contribution in [0.15, 0.2) is 42.5 Å². The van der Waals surface area contributed by atoms with Crippen LogP contribution in [0, 0.1) is 0 Å². The highest BCUT2D eigenvalue weighted by molar-refractivity contribution is 5.84. The fraction of sp³-hybridized carbons (Fsp3) is 0.421. The summed E-state index contributed by atoms with van der Waals surface area (Å²) < 4.78 is 5.70. The van der Waals surface area contributed by atoms with Crippen LogP contribution in [-0.2, 0) is 4.79 Å². The predicted molar refractivity (Wildman–Crippen MR) is 88.4 cm³/mol. The van der Waals surface area contributed by atoms with E-state index in [1.165, 1.54) is 0 Å². The average molecular weight is 311 g/mol. The van der Waals surface area contributed by atoms with Crippen LogP contribution in [0.4, 0.5) is 0 Å². The molecule has 1 aliphatic heterocycles. The number of ether oxygens (including phenoxy) is 1. The first-order valence-electron chi connectivity index (χ1n) is 8.29. The number of benzene rings is 2. The van der Waals surface area contributed by atoms with Crippen molar-refractivity contribution in [1.82, 2.24) is 4.90 Å². The van der Waals surface area contributed by atoms with Crippen molar-refractivity contribution >= 4 is 16.7 Å². The fourth-order valence-electron chi connectivity index (χ4n) is 3.57. The van der Waals surface area contributed by atoms with E-state index in [0.29, 0.717) is 5.75 Å². The van der Waals surface area contributed by atoms with Crippen molar-refractivity contribution in [3.63, 3.8) is 0 Å². The first-order chi connectivity index (χ1) is 11.2. The summed E-state index contributed by atoms with van der Waals surface area (Å²) in [4.78, 5) is 14.3. The molecule has 1 amide bonds. The van der Waals surface area contributed by atoms with Crippen LogP contribution in [0.3, 0.4) is 0 Å². The highest BCUT2D eigenvalue weighted by Crippen LogP contribution is 2.44. The summed E-state index contributed by atoms with van der Waals surface area (Å²) in [5.41, 5.74) is -0.630. The van der Waals surface area contributed by atoms with Gasteiger partial charge >= 0.3 is 0 Å². The molecule has 2 aliphatic rings. The van der Waals surface area contributed by atoms with Crippen LogP contribution < -0.4 is 4.74 Å². The number of fused-ring (bicyclic) bond motifs is 1. The number of carbonyl (C=O) groups excluding carboxylic acids is 1. The highest BCUT2D eigenvalue weighted by Gasteiger charge is 2.52. The van der Waals surface area contributed by atoms with E-state index >= 15 is 0 Å². The Morgan fingerprint density at radius 3 is 2.78 bits per heavy atom. The van der Waals surface area contributed by atoms with Gasteiger partial charge < -0.3 is 14.7 Å². The molecule has 1 atom stereocenters. The molecule has 4 heteroatoms. The maximum atomic E-state index is 12.5. The van der Waals surface area contributed by atoms with Crippen LogP contribution in [0.2, 0.25) is 0 Å². The maximum absolute atomic E-state index is 12.5. The van der Waals surface area contributed by atoms with E-state index in [0.717, 1.165) is 43.0 Å². The third kappa shape index (κ3) is 2.79. The van der Waals surface area contributed by atoms with Crippen LogP contribution in [-0.4, -0.2) is 40.7 Å². The molecular weight excluding hydrogens is 290 g/mol. The Hall–Kier alpha value is -2.07. The molecule has 1 saturated carbocycles. The van der Waals surface area contributed by atoms with E-state index in [1.54, 1.807) is 0 Å². The summed E-state index contributed by atoms with van der Waals surface area (Å²) in [6, 6.07) is 13.9. The second kappa shape index (κ2) is 5.53. The predicted octanol–water partition coefficient (Wildman–Crippen LogP) is 2.73. The van der Waals surface area contributed by atoms with Gasteiger partial charge in [0.25, 0.3) is 5.91 Å². The van der Waals surface area contributed by atoms with Crippen molar-refractivity contribution in [3.05, 3.63) is 42.5 Å². The zero-order valence-corrected chi connectivity index (χ0v) is 13.1. The zero-order chi connectivity index (χ0) is 15.9. The summed E-state index contributed by atoms with van der Waals surface area (Å²) in [5.74, 6) is 0.680. The van der Waals surface area contributed by atoms with Crippen LogP contribution >= 0.6 is 0 Å². The summed E-state index contributed by atoms with van der Waals surface area (Å²) in [7, 11) is 0. The lowest BCUT2D eigenvalue weighted by molar-refractivity contribution is -0.136. The van der Waals surface area contributed by atoms with E-state index in [2.05, 4.69) is 6.07 Å². The monoisotopic (exact) mass is 311 g/mol. The number of hydrogen-bond acceptors (Lipinski definition) is 3. The van der Waals surface area contributed by atoms with Crippen LogP contribution in [0.25, 0.3) is 10.8 Å². The molecule has 2 aromatic carbocycles. The van der Waals surface area contributed by atoms with Gasteiger partial charge in [0, 0.05) is 6.54 Å². The number of aliphatic hydroxyl groups is 1. The van der Waals surface area contributed by atoms with Gasteiger partial charge in [0.1, 0.15) is 5.75 Å². The third-order valence-electron chi connectivity index (χ3n) is 5.04. The molecule has 0 aromatic heterocycles. The Balaban J connectivity index is 1.42. The smallest absolute Gasteiger partial charge is 0.260 e. The van der Waals surface area contributed by atoms with Gasteiger partial charge in [0.2, 0.25) is 0 Å². The Kier molecular flexibility index (Phi) is 3.49. The van der Waals surface area contributed by atoms with Crippen molar-refractivity contribution in [2.24, 2.45) is 0 Å². The Bertz CT molecular complexity index is 738. The number of likely N-dealkylation sites (tertiary alicyclic amines) is 1. The quantitative estimate of drug-likeness (QED) is 0.944. The molecule has 120 valence electrons. The number of amides is 1. The number of hydrogen-bond donors (Lipinski definition) is 1. The van der Waals surface area contributed by atoms with Gasteiger partial charge in [-0.3, -0.25) is 4.79 Å². The van der Waals surface area contributed by atoms with Crippen LogP contribution in [0.5, 0.6) is 5.75 Å². The molecule has 0 bridgehead atoms. The lowest BCUT2D eigenvalue weighted by atomic mass is 10.1. The van der Waals surface area contributed by atoms with E-state index in [1.807, 2.05) is 41.3 Å². The molecule has 2 aromatic rings. The summed E-state index contributed by atoms with van der Waals surface area (Å²) in [6.07, 6.45) is 3.49. The first kappa shape index (κ1) is 14.5. The first-order valence-corrected chi connectivity index (χ1v) is 8.29. The topological polar surface area (TPSA) is 49.8 Å². The van der Waals surface area contributed by atoms with E-state index < -0.39 is 5.60 Å². The molecular formula is C19H21NO3. The van der Waals surface area contributed by atoms with Crippen molar-refractivity contribution in [3.8, 4) is 5.75 Å². The molecule has 0 spiro atoms. The summed E-state index contributed by atoms with van der Waals surface area (Å²) in [5, 5.41) is 12.6. The van der Waals surface area contributed by atoms with Gasteiger partial charge in [-0.1, -0.05) is 30.3 Å². The Morgan fingerprint density at radius 1 is 1.22 bits per heavy atom. The van der Waals surface area contributed by atoms with Gasteiger partial charge in [-0.25, -0.2) is 0 Å². The SMILES string of the molecule is O=C(COc1ccc2ccccc2c1)N1CCCC1C1(O)CC1. The van der Waals surface area contributed by atoms with E-state index in [4.69, 9.17) is 4.74 Å². The maximum Gasteiger partial charge on any atom is 0.260 e. The molecule has 1 unspecified atom stereocenters. The molecule has 1 heterocycles. The second-order valence-electron chi connectivity index (χ2n) is 6.65. The van der Waals surface area contributed by atoms with Gasteiger partial charge in [0.05, 0.1) is 11.6 Å². The zero-order valence-electron chi connectivity index (χ0n) is 13.1. The number of nitrogens with zero attached hydrogens (tertiary/aromatic N) is 1. The lowest BCUT2D eigenvalue weighted by Crippen LogP contribution is -2.45. The Morgan fingerprint density at radius 2 is 2.00 bits per heavy atom. The minimum Gasteiger partial charge on any atom is -0.484 e. The van der Waals surface area contributed by atoms with Crippen molar-refractivity contribution in [2.75, 3.05) is 13.2 Å². The molecule has 2 fully saturated rings. The molecule has 4 rings (SSSR count). The van der Waals surface area contributed by atoms with Gasteiger partial charge in [0.15, 0.2) is 6.61 Å². The fourth-order valence-corrected chi connectivity index (χ4v) is 3.57. The second-order valence-corrected chi connectivity index (χ2v) is 6.65. The minimum absolute atomic E-state index is 0.0183. The number of carbonyl (C=O) groups is 1. The summed E-state index contributed by atoms with van der Waals surface area (Å²) >= 11 is 0. The van der Waals surface area contributed by atoms with Crippen molar-refractivity contribution < 1.29 is 14.6 Å². The third-order valence-corrected chi connectivity index (χ3v) is 5.04. The molecule has 0 radical (unpaired) electrons. The molecule has 1 N–H and O–H groups in total. The normalized spacial score (nSPS) is 22.3. The van der Waals surface area contributed by atoms with Crippen LogP contribution in [0.1, 0.15) is 25.7 Å². The molecule has 4 nitrogen and oxygen atoms in total. The Labute approximate surface area is 135 Å². The average Bonchev–Trinajstić information content (AvgIpc) is 3.13. The molecule has 1 saturated heterocycles. The minimum atomic E-state index is -0.630. The van der Waals surface area contributed by atoms with Gasteiger partial charge in [-0.2, -0.15) is 0 Å². The standard InChI is InChI=1S/C19H21NO3/c21-18(20-11-3-6-17(20)19(22)9-10-19)13-23-16-8-7-14-4-1-2-5-15(14)12-16/h1-2,4-5,7-8,12,17,22H,3,6,9-11,13H2. The number of rotatable bonds is 4. The molecule has 1 aliphatic carbocycles. The van der Waals surface area contributed by atoms with Gasteiger partial charge in [-0.05, 0) is 48.6 Å². The van der Waals surface area contributed by atoms with Gasteiger partial charge in [-0.15, -0.1) is 0 Å². The van der Waals surface area contributed by atoms with Crippen molar-refractivity contribution in [1.29, 1.82) is 0 Å².